The Bertz CT molecular complexity index is 1520. The molecule has 0 bridgehead atoms. The van der Waals surface area contributed by atoms with Gasteiger partial charge in [0.15, 0.2) is 6.10 Å². The molecule has 3 N–H and O–H groups in total. The smallest absolute Gasteiger partial charge is 0.418 e. The number of amides is 3. The van der Waals surface area contributed by atoms with Gasteiger partial charge in [-0.1, -0.05) is 29.8 Å². The fourth-order valence-electron chi connectivity index (χ4n) is 7.75. The zero-order valence-corrected chi connectivity index (χ0v) is 27.8. The number of ether oxygens (including phenoxy) is 1. The molecule has 2 aromatic rings. The summed E-state index contributed by atoms with van der Waals surface area (Å²) < 4.78 is 47.9. The molecule has 3 amide bonds. The molecule has 4 aliphatic heterocycles. The number of hydrogen-bond donors (Lipinski definition) is 3. The van der Waals surface area contributed by atoms with Gasteiger partial charge in [0.2, 0.25) is 5.91 Å². The molecule has 260 valence electrons. The van der Waals surface area contributed by atoms with Crippen LogP contribution in [-0.2, 0) is 32.3 Å². The molecule has 0 aromatic heterocycles. The Morgan fingerprint density at radius 1 is 1.04 bits per heavy atom. The van der Waals surface area contributed by atoms with Gasteiger partial charge in [0.05, 0.1) is 16.3 Å². The zero-order valence-electron chi connectivity index (χ0n) is 27.0. The Morgan fingerprint density at radius 3 is 2.40 bits per heavy atom. The van der Waals surface area contributed by atoms with Crippen molar-refractivity contribution in [3.63, 3.8) is 0 Å². The molecule has 0 unspecified atom stereocenters. The van der Waals surface area contributed by atoms with Crippen molar-refractivity contribution in [2.45, 2.75) is 62.3 Å². The van der Waals surface area contributed by atoms with Crippen molar-refractivity contribution in [1.29, 1.82) is 0 Å². The van der Waals surface area contributed by atoms with Crippen LogP contribution in [0.2, 0.25) is 5.02 Å². The van der Waals surface area contributed by atoms with Crippen LogP contribution in [0.4, 0.5) is 29.3 Å². The Hall–Kier alpha value is -3.55. The number of anilines is 2. The van der Waals surface area contributed by atoms with E-state index >= 15 is 0 Å². The van der Waals surface area contributed by atoms with Crippen molar-refractivity contribution >= 4 is 40.9 Å². The SMILES string of the molecule is CNc1c(Cl)cc(C[C@@H](OC(=O)N2CCC3(CC2)CC(=O)Nc2ccccc23)C(=O)N2CCN(C3CCNCC3)CC2)cc1C(F)(F)F. The third kappa shape index (κ3) is 7.23. The van der Waals surface area contributed by atoms with Crippen LogP contribution >= 0.6 is 11.6 Å². The van der Waals surface area contributed by atoms with Crippen LogP contribution in [0, 0.1) is 0 Å². The minimum atomic E-state index is -4.70. The van der Waals surface area contributed by atoms with Crippen LogP contribution in [-0.4, -0.2) is 104 Å². The lowest BCUT2D eigenvalue weighted by Crippen LogP contribution is -2.56. The van der Waals surface area contributed by atoms with Crippen LogP contribution in [0.5, 0.6) is 0 Å². The fourth-order valence-corrected chi connectivity index (χ4v) is 8.08. The fraction of sp³-hybridized carbons (Fsp3) is 0.559. The van der Waals surface area contributed by atoms with Gasteiger partial charge in [-0.2, -0.15) is 13.2 Å². The summed E-state index contributed by atoms with van der Waals surface area (Å²) in [6.45, 7) is 4.70. The second kappa shape index (κ2) is 14.1. The molecular weight excluding hydrogens is 649 g/mol. The number of halogens is 4. The van der Waals surface area contributed by atoms with Crippen molar-refractivity contribution < 1.29 is 32.3 Å². The third-order valence-electron chi connectivity index (χ3n) is 10.3. The minimum Gasteiger partial charge on any atom is -0.436 e. The monoisotopic (exact) mass is 690 g/mol. The van der Waals surface area contributed by atoms with Gasteiger partial charge in [-0.25, -0.2) is 4.79 Å². The van der Waals surface area contributed by atoms with E-state index in [1.54, 1.807) is 4.90 Å². The molecule has 0 saturated carbocycles. The molecular formula is C34H42ClF3N6O4. The average molecular weight is 691 g/mol. The molecule has 1 atom stereocenters. The molecule has 48 heavy (non-hydrogen) atoms. The Morgan fingerprint density at radius 2 is 1.73 bits per heavy atom. The number of carbonyl (C=O) groups excluding carboxylic acids is 3. The first-order chi connectivity index (χ1) is 23.0. The highest BCUT2D eigenvalue weighted by atomic mass is 35.5. The number of alkyl halides is 3. The van der Waals surface area contributed by atoms with Gasteiger partial charge in [0.1, 0.15) is 0 Å². The maximum atomic E-state index is 14.0. The van der Waals surface area contributed by atoms with E-state index in [1.165, 1.54) is 18.0 Å². The number of hydrogen-bond acceptors (Lipinski definition) is 7. The van der Waals surface area contributed by atoms with E-state index < -0.39 is 35.3 Å². The van der Waals surface area contributed by atoms with Gasteiger partial charge < -0.3 is 30.5 Å². The van der Waals surface area contributed by atoms with Crippen LogP contribution in [0.1, 0.15) is 48.8 Å². The summed E-state index contributed by atoms with van der Waals surface area (Å²) in [4.78, 5) is 45.8. The number of para-hydroxylation sites is 1. The molecule has 4 heterocycles. The zero-order chi connectivity index (χ0) is 34.1. The lowest BCUT2D eigenvalue weighted by Gasteiger charge is -2.44. The van der Waals surface area contributed by atoms with E-state index in [-0.39, 0.29) is 28.6 Å². The summed E-state index contributed by atoms with van der Waals surface area (Å²) in [7, 11) is 1.36. The Kier molecular flexibility index (Phi) is 10.1. The summed E-state index contributed by atoms with van der Waals surface area (Å²) in [5, 5.41) is 8.66. The lowest BCUT2D eigenvalue weighted by molar-refractivity contribution is -0.143. The summed E-state index contributed by atoms with van der Waals surface area (Å²) in [6, 6.07) is 10.4. The summed E-state index contributed by atoms with van der Waals surface area (Å²) in [6.07, 6.45) is -3.59. The molecule has 3 fully saturated rings. The van der Waals surface area contributed by atoms with Crippen molar-refractivity contribution in [3.8, 4) is 0 Å². The van der Waals surface area contributed by atoms with Crippen LogP contribution < -0.4 is 16.0 Å². The second-order valence-corrected chi connectivity index (χ2v) is 13.6. The van der Waals surface area contributed by atoms with Gasteiger partial charge in [-0.05, 0) is 68.1 Å². The second-order valence-electron chi connectivity index (χ2n) is 13.2. The first kappa shape index (κ1) is 34.3. The van der Waals surface area contributed by atoms with Crippen molar-refractivity contribution in [3.05, 3.63) is 58.1 Å². The summed E-state index contributed by atoms with van der Waals surface area (Å²) in [5.74, 6) is -0.515. The molecule has 3 saturated heterocycles. The van der Waals surface area contributed by atoms with E-state index in [1.807, 2.05) is 24.3 Å². The van der Waals surface area contributed by atoms with Crippen LogP contribution in [0.15, 0.2) is 36.4 Å². The predicted molar refractivity (Wildman–Crippen MR) is 176 cm³/mol. The van der Waals surface area contributed by atoms with E-state index in [2.05, 4.69) is 20.9 Å². The molecule has 4 aliphatic rings. The van der Waals surface area contributed by atoms with E-state index in [9.17, 15) is 27.6 Å². The molecule has 1 spiro atoms. The van der Waals surface area contributed by atoms with Crippen LogP contribution in [0.25, 0.3) is 0 Å². The molecule has 14 heteroatoms. The van der Waals surface area contributed by atoms with E-state index in [4.69, 9.17) is 16.3 Å². The topological polar surface area (TPSA) is 106 Å². The van der Waals surface area contributed by atoms with Gasteiger partial charge in [0.25, 0.3) is 5.91 Å². The molecule has 2 aromatic carbocycles. The number of nitrogens with one attached hydrogen (secondary N) is 3. The van der Waals surface area contributed by atoms with Crippen molar-refractivity contribution in [2.75, 3.05) is 70.0 Å². The van der Waals surface area contributed by atoms with E-state index in [0.717, 1.165) is 43.2 Å². The number of piperidine rings is 2. The van der Waals surface area contributed by atoms with Gasteiger partial charge in [-0.3, -0.25) is 14.5 Å². The first-order valence-electron chi connectivity index (χ1n) is 16.6. The number of benzene rings is 2. The summed E-state index contributed by atoms with van der Waals surface area (Å²) >= 11 is 6.27. The van der Waals surface area contributed by atoms with Gasteiger partial charge in [0, 0.05) is 76.3 Å². The first-order valence-corrected chi connectivity index (χ1v) is 17.0. The number of rotatable bonds is 6. The maximum absolute atomic E-state index is 14.0. The minimum absolute atomic E-state index is 0.0724. The average Bonchev–Trinajstić information content (AvgIpc) is 3.07. The number of carbonyl (C=O) groups is 3. The predicted octanol–water partition coefficient (Wildman–Crippen LogP) is 4.72. The highest BCUT2D eigenvalue weighted by Gasteiger charge is 2.44. The highest BCUT2D eigenvalue weighted by molar-refractivity contribution is 6.33. The Labute approximate surface area is 283 Å². The quantitative estimate of drug-likeness (QED) is 0.403. The lowest BCUT2D eigenvalue weighted by atomic mass is 9.68. The number of likely N-dealkylation sites (tertiary alicyclic amines) is 1. The molecule has 0 radical (unpaired) electrons. The number of fused-ring (bicyclic) bond motifs is 2. The van der Waals surface area contributed by atoms with Gasteiger partial charge in [-0.15, -0.1) is 0 Å². The van der Waals surface area contributed by atoms with E-state index in [0.29, 0.717) is 64.6 Å². The normalized spacial score (nSPS) is 21.0. The third-order valence-corrected chi connectivity index (χ3v) is 10.6. The Balaban J connectivity index is 1.19. The largest absolute Gasteiger partial charge is 0.436 e. The highest BCUT2D eigenvalue weighted by Crippen LogP contribution is 2.45. The number of nitrogens with zero attached hydrogens (tertiary/aromatic N) is 3. The molecule has 6 rings (SSSR count). The molecule has 10 nitrogen and oxygen atoms in total. The van der Waals surface area contributed by atoms with Crippen molar-refractivity contribution in [1.82, 2.24) is 20.0 Å². The molecule has 0 aliphatic carbocycles. The van der Waals surface area contributed by atoms with Crippen LogP contribution in [0.3, 0.4) is 0 Å². The number of piperazine rings is 1. The standard InChI is InChI=1S/C34H42ClF3N6O4/c1-39-30-25(34(36,37)38)18-22(19-26(30)35)20-28(31(46)43-16-14-42(15-17-43)23-6-10-40-11-7-23)48-32(47)44-12-8-33(9-13-44)21-29(45)41-27-5-3-2-4-24(27)33/h2-5,18-19,23,28,39-40H,6-17,20-21H2,1H3,(H,41,45)/t28-/m1/s1. The summed E-state index contributed by atoms with van der Waals surface area (Å²) in [5.41, 5.74) is 0.307. The van der Waals surface area contributed by atoms with Crippen molar-refractivity contribution in [2.24, 2.45) is 0 Å². The van der Waals surface area contributed by atoms with Gasteiger partial charge >= 0.3 is 12.3 Å². The maximum Gasteiger partial charge on any atom is 0.418 e.